The minimum atomic E-state index is 0. The van der Waals surface area contributed by atoms with E-state index < -0.39 is 0 Å². The molecule has 0 aromatic carbocycles. The molecule has 0 aliphatic rings. The van der Waals surface area contributed by atoms with Crippen molar-refractivity contribution in [3.63, 3.8) is 0 Å². The number of hydrogen-bond acceptors (Lipinski definition) is 1. The second-order valence-corrected chi connectivity index (χ2v) is 0.525. The van der Waals surface area contributed by atoms with E-state index in [0.717, 1.165) is 0 Å². The molecule has 0 atom stereocenters. The van der Waals surface area contributed by atoms with Gasteiger partial charge in [0, 0.05) is 60.8 Å². The van der Waals surface area contributed by atoms with Crippen molar-refractivity contribution in [2.75, 3.05) is 0 Å². The molecular formula is Cl2OPrRu. The van der Waals surface area contributed by atoms with E-state index in [9.17, 15) is 0 Å². The first-order valence-corrected chi connectivity index (χ1v) is 0.926. The van der Waals surface area contributed by atoms with Crippen LogP contribution in [0.1, 0.15) is 0 Å². The van der Waals surface area contributed by atoms with Crippen LogP contribution >= 0.6 is 23.7 Å². The number of rotatable bonds is 0. The maximum Gasteiger partial charge on any atom is 0.0832 e. The summed E-state index contributed by atoms with van der Waals surface area (Å²) in [5, 5.41) is 0. The molecule has 31 valence electrons. The van der Waals surface area contributed by atoms with Gasteiger partial charge in [0.2, 0.25) is 0 Å². The van der Waals surface area contributed by atoms with Crippen LogP contribution < -0.4 is 0 Å². The average molecular weight is 329 g/mol. The first-order valence-electron chi connectivity index (χ1n) is 0.309. The summed E-state index contributed by atoms with van der Waals surface area (Å²) in [7, 11) is 0. The molecule has 0 saturated carbocycles. The van der Waals surface area contributed by atoms with Crippen molar-refractivity contribution < 1.29 is 64.6 Å². The quantitative estimate of drug-likeness (QED) is 0.609. The molecule has 1 radical (unpaired) electrons. The third-order valence-corrected chi connectivity index (χ3v) is 0. The van der Waals surface area contributed by atoms with Gasteiger partial charge in [0.25, 0.3) is 0 Å². The Hall–Kier alpha value is 2.53. The van der Waals surface area contributed by atoms with Gasteiger partial charge in [-0.1, -0.05) is 0 Å². The molecule has 0 unspecified atom stereocenters. The molecular weight excluding hydrogens is 329 g/mol. The van der Waals surface area contributed by atoms with E-state index in [1.165, 1.54) is 0 Å². The summed E-state index contributed by atoms with van der Waals surface area (Å²) in [5.74, 6) is 0. The van der Waals surface area contributed by atoms with E-state index in [0.29, 0.717) is 0 Å². The first kappa shape index (κ1) is 15.6. The molecule has 0 bridgehead atoms. The molecule has 0 spiro atoms. The Morgan fingerprint density at radius 3 is 1.20 bits per heavy atom. The van der Waals surface area contributed by atoms with Crippen LogP contribution in [0.3, 0.4) is 0 Å². The summed E-state index contributed by atoms with van der Waals surface area (Å²) in [5.41, 5.74) is 0. The molecule has 0 amide bonds. The minimum absolute atomic E-state index is 0. The van der Waals surface area contributed by atoms with Crippen molar-refractivity contribution in [2.45, 2.75) is 0 Å². The molecule has 0 aliphatic carbocycles. The topological polar surface area (TPSA) is 9.23 Å². The van der Waals surface area contributed by atoms with Crippen molar-refractivity contribution in [1.29, 1.82) is 0 Å². The predicted octanol–water partition coefficient (Wildman–Crippen LogP) is 1.31. The monoisotopic (exact) mass is 329 g/mol. The van der Waals surface area contributed by atoms with E-state index in [2.05, 4.69) is 27.6 Å². The van der Waals surface area contributed by atoms with Crippen LogP contribution in [-0.4, -0.2) is 0 Å². The molecule has 0 N–H and O–H groups in total. The molecule has 5 heteroatoms. The summed E-state index contributed by atoms with van der Waals surface area (Å²) in [6.45, 7) is 0. The Labute approximate surface area is 86.8 Å². The maximum atomic E-state index is 4.26. The predicted molar refractivity (Wildman–Crippen MR) is 12.8 cm³/mol. The summed E-state index contributed by atoms with van der Waals surface area (Å²) < 4.78 is 3.19. The fourth-order valence-corrected chi connectivity index (χ4v) is 0. The Balaban J connectivity index is -0.0000000200. The van der Waals surface area contributed by atoms with Crippen LogP contribution in [0, 0.1) is 41.3 Å². The summed E-state index contributed by atoms with van der Waals surface area (Å²) >= 11 is 8.53. The minimum Gasteiger partial charge on any atom is -0.166 e. The van der Waals surface area contributed by atoms with Crippen LogP contribution in [0.4, 0.5) is 0 Å². The Bertz CT molecular complexity index is 9.61. The van der Waals surface area contributed by atoms with E-state index in [4.69, 9.17) is 0 Å². The molecule has 0 aromatic rings. The van der Waals surface area contributed by atoms with Crippen LogP contribution in [0.15, 0.2) is 0 Å². The van der Waals surface area contributed by atoms with Crippen LogP contribution in [0.2, 0.25) is 0 Å². The van der Waals surface area contributed by atoms with Gasteiger partial charge in [-0.2, -0.15) is 3.84 Å². The van der Waals surface area contributed by atoms with Crippen LogP contribution in [0.5, 0.6) is 0 Å². The second-order valence-electron chi connectivity index (χ2n) is 0.0583. The van der Waals surface area contributed by atoms with Crippen LogP contribution in [-0.2, 0) is 23.3 Å². The third kappa shape index (κ3) is 20.9. The normalized spacial score (nSPS) is 3.60. The Kier molecular flexibility index (Phi) is 50.2. The molecule has 1 nitrogen and oxygen atoms in total. The van der Waals surface area contributed by atoms with Gasteiger partial charge >= 0.3 is 0 Å². The molecule has 0 aromatic heterocycles. The second kappa shape index (κ2) is 16.0. The maximum absolute atomic E-state index is 4.26. The Morgan fingerprint density at radius 1 is 1.20 bits per heavy atom. The van der Waals surface area contributed by atoms with Crippen molar-refractivity contribution in [1.82, 2.24) is 0 Å². The molecule has 0 saturated heterocycles. The first-order chi connectivity index (χ1) is 1.41. The summed E-state index contributed by atoms with van der Waals surface area (Å²) in [4.78, 5) is 0. The van der Waals surface area contributed by atoms with Gasteiger partial charge in [0.05, 0.1) is 23.7 Å². The molecule has 0 rings (SSSR count). The molecule has 0 aliphatic heterocycles. The van der Waals surface area contributed by atoms with Gasteiger partial charge in [0.15, 0.2) is 0 Å². The van der Waals surface area contributed by atoms with Crippen molar-refractivity contribution in [2.24, 2.45) is 0 Å². The zero-order valence-corrected chi connectivity index (χ0v) is 9.05. The molecule has 0 heterocycles. The van der Waals surface area contributed by atoms with Crippen molar-refractivity contribution in [3.05, 3.63) is 0 Å². The molecule has 0 fully saturated rings. The van der Waals surface area contributed by atoms with Gasteiger partial charge < -0.3 is 0 Å². The van der Waals surface area contributed by atoms with Crippen molar-refractivity contribution >= 4 is 23.7 Å². The van der Waals surface area contributed by atoms with Gasteiger partial charge in [-0.15, -0.1) is 0 Å². The summed E-state index contributed by atoms with van der Waals surface area (Å²) in [6.07, 6.45) is 0. The average Bonchev–Trinajstić information content (AvgIpc) is 0.918. The summed E-state index contributed by atoms with van der Waals surface area (Å²) in [6, 6.07) is 0. The zero-order valence-electron chi connectivity index (χ0n) is 2.10. The van der Waals surface area contributed by atoms with Gasteiger partial charge in [0.1, 0.15) is 0 Å². The zero-order chi connectivity index (χ0) is 2.71. The SMILES string of the molecule is ClOCl.[Pr].[Ru]. The van der Waals surface area contributed by atoms with E-state index in [1.807, 2.05) is 0 Å². The molecule has 5 heavy (non-hydrogen) atoms. The van der Waals surface area contributed by atoms with E-state index in [-0.39, 0.29) is 60.8 Å². The largest absolute Gasteiger partial charge is 0.166 e. The smallest absolute Gasteiger partial charge is 0.0832 e. The number of hydrogen-bond donors (Lipinski definition) is 0. The standard InChI is InChI=1S/Cl2O.Pr.Ru/c1-3-2;;. The third-order valence-electron chi connectivity index (χ3n) is 0. The van der Waals surface area contributed by atoms with Gasteiger partial charge in [-0.25, -0.2) is 0 Å². The van der Waals surface area contributed by atoms with Gasteiger partial charge in [-0.3, -0.25) is 0 Å². The van der Waals surface area contributed by atoms with Crippen molar-refractivity contribution in [3.8, 4) is 0 Å². The fourth-order valence-electron chi connectivity index (χ4n) is 0. The van der Waals surface area contributed by atoms with Gasteiger partial charge in [-0.05, 0) is 0 Å². The Morgan fingerprint density at radius 2 is 1.20 bits per heavy atom. The van der Waals surface area contributed by atoms with E-state index in [1.54, 1.807) is 0 Å². The number of halogens is 2. The van der Waals surface area contributed by atoms with E-state index >= 15 is 0 Å². The van der Waals surface area contributed by atoms with Crippen LogP contribution in [0.25, 0.3) is 0 Å². The fraction of sp³-hybridized carbons (Fsp3) is 0.